The lowest BCUT2D eigenvalue weighted by molar-refractivity contribution is -0.119. The molecule has 3 rings (SSSR count). The molecule has 0 bridgehead atoms. The van der Waals surface area contributed by atoms with Gasteiger partial charge in [-0.15, -0.1) is 0 Å². The van der Waals surface area contributed by atoms with E-state index in [1.54, 1.807) is 11.9 Å². The van der Waals surface area contributed by atoms with Crippen molar-refractivity contribution < 1.29 is 4.79 Å². The largest absolute Gasteiger partial charge is 0.349 e. The molecule has 0 saturated carbocycles. The third kappa shape index (κ3) is 2.06. The van der Waals surface area contributed by atoms with E-state index >= 15 is 0 Å². The van der Waals surface area contributed by atoms with Crippen LogP contribution in [-0.2, 0) is 4.79 Å². The Bertz CT molecular complexity index is 536. The zero-order valence-corrected chi connectivity index (χ0v) is 9.88. The van der Waals surface area contributed by atoms with E-state index in [1.807, 2.05) is 12.1 Å². The van der Waals surface area contributed by atoms with Gasteiger partial charge in [-0.2, -0.15) is 0 Å². The molecule has 0 aliphatic carbocycles. The van der Waals surface area contributed by atoms with Crippen LogP contribution in [-0.4, -0.2) is 24.7 Å². The van der Waals surface area contributed by atoms with Gasteiger partial charge >= 0.3 is 0 Å². The smallest absolute Gasteiger partial charge is 0.241 e. The number of amides is 1. The highest BCUT2D eigenvalue weighted by Crippen LogP contribution is 2.28. The van der Waals surface area contributed by atoms with Crippen LogP contribution in [0.2, 0.25) is 0 Å². The summed E-state index contributed by atoms with van der Waals surface area (Å²) in [6, 6.07) is 8.18. The molecular formula is C12H11N3OS. The van der Waals surface area contributed by atoms with E-state index < -0.39 is 0 Å². The molecule has 0 atom stereocenters. The van der Waals surface area contributed by atoms with Crippen molar-refractivity contribution in [3.8, 4) is 0 Å². The Balaban J connectivity index is 1.91. The fraction of sp³-hybridized carbons (Fsp3) is 0.167. The first-order valence-corrected chi connectivity index (χ1v) is 6.18. The Labute approximate surface area is 103 Å². The maximum atomic E-state index is 11.0. The summed E-state index contributed by atoms with van der Waals surface area (Å²) in [5, 5.41) is 2.79. The third-order valence-corrected chi connectivity index (χ3v) is 3.58. The maximum absolute atomic E-state index is 11.0. The number of rotatable bonds is 1. The van der Waals surface area contributed by atoms with Gasteiger partial charge in [0.15, 0.2) is 0 Å². The van der Waals surface area contributed by atoms with E-state index in [9.17, 15) is 4.79 Å². The number of hydrogen-bond acceptors (Lipinski definition) is 4. The van der Waals surface area contributed by atoms with E-state index in [-0.39, 0.29) is 12.5 Å². The molecule has 0 saturated heterocycles. The highest BCUT2D eigenvalue weighted by atomic mass is 32.2. The van der Waals surface area contributed by atoms with Gasteiger partial charge in [0.05, 0.1) is 18.0 Å². The second-order valence-electron chi connectivity index (χ2n) is 3.84. The highest BCUT2D eigenvalue weighted by molar-refractivity contribution is 7.97. The molecule has 1 aromatic carbocycles. The summed E-state index contributed by atoms with van der Waals surface area (Å²) >= 11 is 1.58. The monoisotopic (exact) mass is 245 g/mol. The fourth-order valence-electron chi connectivity index (χ4n) is 1.77. The van der Waals surface area contributed by atoms with E-state index in [0.717, 1.165) is 11.4 Å². The summed E-state index contributed by atoms with van der Waals surface area (Å²) in [4.78, 5) is 16.5. The van der Waals surface area contributed by atoms with E-state index in [4.69, 9.17) is 0 Å². The van der Waals surface area contributed by atoms with Crippen molar-refractivity contribution in [3.63, 3.8) is 0 Å². The second kappa shape index (κ2) is 4.25. The zero-order chi connectivity index (χ0) is 11.7. The lowest BCUT2D eigenvalue weighted by Crippen LogP contribution is -2.38. The number of fused-ring (bicyclic) bond motifs is 1. The molecule has 2 heterocycles. The number of carbonyl (C=O) groups is 1. The minimum absolute atomic E-state index is 0.0155. The lowest BCUT2D eigenvalue weighted by Gasteiger charge is -2.21. The normalized spacial score (nSPS) is 18.5. The average Bonchev–Trinajstić information content (AvgIpc) is 2.39. The quantitative estimate of drug-likeness (QED) is 0.731. The SMILES string of the molecule is O=C1CN=C(C2=Cc3ccccc3SN2)CN1. The average molecular weight is 245 g/mol. The van der Waals surface area contributed by atoms with Crippen LogP contribution in [0.4, 0.5) is 0 Å². The molecule has 0 spiro atoms. The number of nitrogens with zero attached hydrogens (tertiary/aromatic N) is 1. The van der Waals surface area contributed by atoms with Crippen molar-refractivity contribution >= 4 is 29.6 Å². The minimum Gasteiger partial charge on any atom is -0.349 e. The third-order valence-electron chi connectivity index (χ3n) is 2.67. The first-order valence-electron chi connectivity index (χ1n) is 5.37. The van der Waals surface area contributed by atoms with Gasteiger partial charge in [-0.05, 0) is 29.7 Å². The topological polar surface area (TPSA) is 53.5 Å². The van der Waals surface area contributed by atoms with Gasteiger partial charge < -0.3 is 10.0 Å². The Morgan fingerprint density at radius 2 is 2.18 bits per heavy atom. The van der Waals surface area contributed by atoms with Crippen LogP contribution in [0.5, 0.6) is 0 Å². The van der Waals surface area contributed by atoms with Gasteiger partial charge in [0.1, 0.15) is 6.54 Å². The summed E-state index contributed by atoms with van der Waals surface area (Å²) in [5.41, 5.74) is 3.08. The standard InChI is InChI=1S/C12H11N3OS/c16-12-7-13-10(6-14-12)9-5-8-3-1-2-4-11(8)17-15-9/h1-5,15H,6-7H2,(H,14,16). The maximum Gasteiger partial charge on any atom is 0.241 e. The van der Waals surface area contributed by atoms with Gasteiger partial charge in [-0.25, -0.2) is 0 Å². The van der Waals surface area contributed by atoms with Gasteiger partial charge in [0, 0.05) is 4.90 Å². The molecule has 1 amide bonds. The Morgan fingerprint density at radius 3 is 3.00 bits per heavy atom. The van der Waals surface area contributed by atoms with Gasteiger partial charge in [0.2, 0.25) is 5.91 Å². The van der Waals surface area contributed by atoms with Crippen LogP contribution < -0.4 is 10.0 Å². The number of hydrogen-bond donors (Lipinski definition) is 2. The molecule has 17 heavy (non-hydrogen) atoms. The summed E-state index contributed by atoms with van der Waals surface area (Å²) in [5.74, 6) is -0.0155. The van der Waals surface area contributed by atoms with Crippen molar-refractivity contribution in [2.75, 3.05) is 13.1 Å². The minimum atomic E-state index is -0.0155. The molecule has 2 N–H and O–H groups in total. The number of nitrogens with one attached hydrogen (secondary N) is 2. The summed E-state index contributed by atoms with van der Waals surface area (Å²) in [6.45, 7) is 0.723. The Kier molecular flexibility index (Phi) is 2.60. The van der Waals surface area contributed by atoms with Gasteiger partial charge in [-0.3, -0.25) is 9.79 Å². The van der Waals surface area contributed by atoms with Crippen molar-refractivity contribution in [2.45, 2.75) is 4.90 Å². The lowest BCUT2D eigenvalue weighted by atomic mass is 10.1. The molecule has 0 aromatic heterocycles. The zero-order valence-electron chi connectivity index (χ0n) is 9.06. The Morgan fingerprint density at radius 1 is 1.29 bits per heavy atom. The molecule has 2 aliphatic rings. The molecule has 86 valence electrons. The first kappa shape index (κ1) is 10.4. The number of carbonyl (C=O) groups excluding carboxylic acids is 1. The van der Waals surface area contributed by atoms with Crippen molar-refractivity contribution in [3.05, 3.63) is 35.5 Å². The van der Waals surface area contributed by atoms with E-state index in [2.05, 4.69) is 33.2 Å². The predicted molar refractivity (Wildman–Crippen MR) is 68.7 cm³/mol. The summed E-state index contributed by atoms with van der Waals surface area (Å²) < 4.78 is 3.26. The molecular weight excluding hydrogens is 234 g/mol. The summed E-state index contributed by atoms with van der Waals surface area (Å²) in [7, 11) is 0. The van der Waals surface area contributed by atoms with Crippen LogP contribution in [0.25, 0.3) is 6.08 Å². The van der Waals surface area contributed by atoms with Crippen molar-refractivity contribution in [1.29, 1.82) is 0 Å². The van der Waals surface area contributed by atoms with E-state index in [1.165, 1.54) is 10.5 Å². The van der Waals surface area contributed by atoms with Gasteiger partial charge in [-0.1, -0.05) is 18.2 Å². The predicted octanol–water partition coefficient (Wildman–Crippen LogP) is 1.21. The Hall–Kier alpha value is -1.75. The summed E-state index contributed by atoms with van der Waals surface area (Å²) in [6.07, 6.45) is 2.07. The second-order valence-corrected chi connectivity index (χ2v) is 4.69. The molecule has 0 unspecified atom stereocenters. The van der Waals surface area contributed by atoms with Crippen molar-refractivity contribution in [2.24, 2.45) is 4.99 Å². The van der Waals surface area contributed by atoms with Crippen LogP contribution in [0.1, 0.15) is 5.56 Å². The van der Waals surface area contributed by atoms with Crippen LogP contribution in [0, 0.1) is 0 Å². The highest BCUT2D eigenvalue weighted by Gasteiger charge is 2.17. The molecule has 4 nitrogen and oxygen atoms in total. The van der Waals surface area contributed by atoms with E-state index in [0.29, 0.717) is 6.54 Å². The van der Waals surface area contributed by atoms with Crippen LogP contribution in [0.15, 0.2) is 39.9 Å². The van der Waals surface area contributed by atoms with Crippen LogP contribution in [0.3, 0.4) is 0 Å². The van der Waals surface area contributed by atoms with Gasteiger partial charge in [0.25, 0.3) is 0 Å². The molecule has 1 aromatic rings. The first-order chi connectivity index (χ1) is 8.33. The number of benzene rings is 1. The molecule has 2 aliphatic heterocycles. The molecule has 0 radical (unpaired) electrons. The fourth-order valence-corrected chi connectivity index (χ4v) is 2.56. The molecule has 5 heteroatoms. The van der Waals surface area contributed by atoms with Crippen molar-refractivity contribution in [1.82, 2.24) is 10.0 Å². The number of aliphatic imine (C=N–C) groups is 1. The molecule has 0 fully saturated rings. The van der Waals surface area contributed by atoms with Crippen LogP contribution >= 0.6 is 11.9 Å².